The van der Waals surface area contributed by atoms with E-state index in [2.05, 4.69) is 24.1 Å². The Balaban J connectivity index is 1.03. The number of ether oxygens (including phenoxy) is 3. The molecule has 7 rings (SSSR count). The molecule has 0 unspecified atom stereocenters. The maximum absolute atomic E-state index is 14.4. The number of aliphatic hydroxyl groups is 1. The summed E-state index contributed by atoms with van der Waals surface area (Å²) in [5.41, 5.74) is 1.77. The molecule has 11 nitrogen and oxygen atoms in total. The molecule has 13 heteroatoms. The van der Waals surface area contributed by atoms with Crippen LogP contribution in [0.25, 0.3) is 10.2 Å². The number of carbonyl (C=O) groups excluding carboxylic acids is 1. The van der Waals surface area contributed by atoms with Crippen molar-refractivity contribution < 1.29 is 32.5 Å². The van der Waals surface area contributed by atoms with Crippen LogP contribution in [0.5, 0.6) is 0 Å². The van der Waals surface area contributed by atoms with Gasteiger partial charge in [-0.3, -0.25) is 4.79 Å². The number of benzene rings is 2. The second-order valence-electron chi connectivity index (χ2n) is 17.8. The molecule has 1 saturated carbocycles. The molecule has 0 spiro atoms. The van der Waals surface area contributed by atoms with Crippen molar-refractivity contribution in [1.82, 2.24) is 19.5 Å². The molecule has 1 aliphatic carbocycles. The third-order valence-electron chi connectivity index (χ3n) is 12.4. The van der Waals surface area contributed by atoms with Crippen molar-refractivity contribution in [3.05, 3.63) is 59.1 Å². The number of hydrogen-bond acceptors (Lipinski definition) is 11. The number of nitrogens with zero attached hydrogens (tertiary/aromatic N) is 3. The summed E-state index contributed by atoms with van der Waals surface area (Å²) in [6, 6.07) is 15.7. The Morgan fingerprint density at radius 2 is 1.74 bits per heavy atom. The summed E-state index contributed by atoms with van der Waals surface area (Å²) in [5, 5.41) is 16.5. The van der Waals surface area contributed by atoms with E-state index < -0.39 is 40.4 Å². The van der Waals surface area contributed by atoms with Gasteiger partial charge in [0.05, 0.1) is 51.8 Å². The van der Waals surface area contributed by atoms with E-state index in [0.717, 1.165) is 52.9 Å². The SMILES string of the molecule is CC(C)CN[C@H]1CO[C@@H]2OC[C@H](OC(=O)C[C@@H](Cc3ccccc3)[C@H](O)CN(CC(C)C)S(=O)(=O)c3ccc4nc(CC5CCN(C6CCCC6)CC5)sc4c3)[C@@H]21. The molecule has 6 atom stereocenters. The lowest BCUT2D eigenvalue weighted by atomic mass is 9.90. The van der Waals surface area contributed by atoms with Gasteiger partial charge in [-0.15, -0.1) is 11.3 Å². The molecule has 0 amide bonds. The maximum atomic E-state index is 14.4. The largest absolute Gasteiger partial charge is 0.459 e. The predicted molar refractivity (Wildman–Crippen MR) is 223 cm³/mol. The molecule has 3 aromatic rings. The third-order valence-corrected chi connectivity index (χ3v) is 15.3. The number of hydrogen-bond donors (Lipinski definition) is 2. The van der Waals surface area contributed by atoms with Crippen molar-refractivity contribution in [3.8, 4) is 0 Å². The lowest BCUT2D eigenvalue weighted by molar-refractivity contribution is -0.153. The Morgan fingerprint density at radius 3 is 2.46 bits per heavy atom. The Bertz CT molecular complexity index is 1860. The Morgan fingerprint density at radius 1 is 1.00 bits per heavy atom. The molecule has 314 valence electrons. The standard InChI is InChI=1S/C44H64N4O7S2/c1-29(2)24-45-37-27-53-44-43(37)39(28-54-44)55-42(50)22-33(20-31-10-6-5-7-11-31)38(49)26-48(25-30(3)4)57(51,52)35-14-15-36-40(23-35)56-41(46-36)21-32-16-18-47(19-17-32)34-12-8-9-13-34/h5-7,10-11,14-15,23,29-30,32-34,37-39,43-45,49H,8-9,12-13,16-22,24-28H2,1-4H3/t33-,37+,38-,39+,43+,44-/m1/s1. The lowest BCUT2D eigenvalue weighted by Crippen LogP contribution is -2.44. The van der Waals surface area contributed by atoms with Crippen LogP contribution in [0.4, 0.5) is 0 Å². The van der Waals surface area contributed by atoms with Gasteiger partial charge >= 0.3 is 5.97 Å². The van der Waals surface area contributed by atoms with Crippen molar-refractivity contribution in [1.29, 1.82) is 0 Å². The smallest absolute Gasteiger partial charge is 0.306 e. The molecule has 3 saturated heterocycles. The van der Waals surface area contributed by atoms with Gasteiger partial charge in [0, 0.05) is 37.5 Å². The maximum Gasteiger partial charge on any atom is 0.306 e. The predicted octanol–water partition coefficient (Wildman–Crippen LogP) is 6.28. The van der Waals surface area contributed by atoms with Crippen LogP contribution in [0.3, 0.4) is 0 Å². The van der Waals surface area contributed by atoms with Crippen molar-refractivity contribution in [2.24, 2.45) is 29.6 Å². The Kier molecular flexibility index (Phi) is 14.4. The molecule has 3 aliphatic heterocycles. The van der Waals surface area contributed by atoms with E-state index >= 15 is 0 Å². The summed E-state index contributed by atoms with van der Waals surface area (Å²) in [6.07, 6.45) is 6.99. The Hall–Kier alpha value is -2.49. The quantitative estimate of drug-likeness (QED) is 0.142. The van der Waals surface area contributed by atoms with Crippen LogP contribution >= 0.6 is 11.3 Å². The zero-order valence-electron chi connectivity index (χ0n) is 34.3. The second-order valence-corrected chi connectivity index (χ2v) is 20.9. The van der Waals surface area contributed by atoms with Crippen LogP contribution in [-0.2, 0) is 41.9 Å². The van der Waals surface area contributed by atoms with E-state index in [4.69, 9.17) is 19.2 Å². The average Bonchev–Trinajstić information content (AvgIpc) is 4.00. The van der Waals surface area contributed by atoms with Crippen molar-refractivity contribution in [2.75, 3.05) is 45.9 Å². The fourth-order valence-electron chi connectivity index (χ4n) is 9.32. The normalized spacial score (nSPS) is 24.9. The van der Waals surface area contributed by atoms with E-state index in [9.17, 15) is 18.3 Å². The number of thiazole rings is 1. The molecule has 2 N–H and O–H groups in total. The van der Waals surface area contributed by atoms with Crippen LogP contribution in [0.1, 0.15) is 83.2 Å². The van der Waals surface area contributed by atoms with Gasteiger partial charge in [0.1, 0.15) is 6.10 Å². The minimum atomic E-state index is -4.00. The zero-order chi connectivity index (χ0) is 40.1. The molecule has 4 fully saturated rings. The molecule has 0 bridgehead atoms. The number of nitrogens with one attached hydrogen (secondary N) is 1. The van der Waals surface area contributed by atoms with Gasteiger partial charge in [-0.2, -0.15) is 4.31 Å². The van der Waals surface area contributed by atoms with Crippen LogP contribution < -0.4 is 5.32 Å². The van der Waals surface area contributed by atoms with Gasteiger partial charge in [-0.25, -0.2) is 13.4 Å². The van der Waals surface area contributed by atoms with Crippen LogP contribution in [0.15, 0.2) is 53.4 Å². The summed E-state index contributed by atoms with van der Waals surface area (Å²) in [4.78, 5) is 21.5. The zero-order valence-corrected chi connectivity index (χ0v) is 35.9. The lowest BCUT2D eigenvalue weighted by Gasteiger charge is -2.35. The number of aliphatic hydroxyl groups excluding tert-OH is 1. The number of aromatic nitrogens is 1. The number of fused-ring (bicyclic) bond motifs is 2. The first-order chi connectivity index (χ1) is 27.4. The molecule has 57 heavy (non-hydrogen) atoms. The van der Waals surface area contributed by atoms with E-state index in [1.165, 1.54) is 42.8 Å². The summed E-state index contributed by atoms with van der Waals surface area (Å²) in [6.45, 7) is 12.2. The molecular formula is C44H64N4O7S2. The highest BCUT2D eigenvalue weighted by atomic mass is 32.2. The molecule has 4 aliphatic rings. The second kappa shape index (κ2) is 19.3. The first kappa shape index (κ1) is 42.6. The van der Waals surface area contributed by atoms with Gasteiger partial charge in [-0.1, -0.05) is 70.9 Å². The van der Waals surface area contributed by atoms with Crippen molar-refractivity contribution in [2.45, 2.75) is 121 Å². The van der Waals surface area contributed by atoms with Crippen LogP contribution in [0.2, 0.25) is 0 Å². The van der Waals surface area contributed by atoms with E-state index in [-0.39, 0.29) is 48.9 Å². The van der Waals surface area contributed by atoms with Gasteiger partial charge in [0.15, 0.2) is 6.29 Å². The number of sulfonamides is 1. The van der Waals surface area contributed by atoms with E-state index in [0.29, 0.717) is 24.9 Å². The number of esters is 1. The molecule has 4 heterocycles. The number of rotatable bonds is 18. The monoisotopic (exact) mass is 824 g/mol. The number of carbonyl (C=O) groups is 1. The fourth-order valence-corrected chi connectivity index (χ4v) is 12.2. The van der Waals surface area contributed by atoms with Crippen molar-refractivity contribution >= 4 is 37.5 Å². The third kappa shape index (κ3) is 10.8. The van der Waals surface area contributed by atoms with Gasteiger partial charge < -0.3 is 29.5 Å². The topological polar surface area (TPSA) is 131 Å². The summed E-state index contributed by atoms with van der Waals surface area (Å²) in [5.74, 6) is -0.0942. The number of likely N-dealkylation sites (tertiary alicyclic amines) is 1. The highest BCUT2D eigenvalue weighted by molar-refractivity contribution is 7.89. The van der Waals surface area contributed by atoms with E-state index in [1.54, 1.807) is 23.5 Å². The molecule has 0 radical (unpaired) electrons. The van der Waals surface area contributed by atoms with Crippen LogP contribution in [-0.4, -0.2) is 110 Å². The number of piperidine rings is 1. The minimum absolute atomic E-state index is 0.00420. The van der Waals surface area contributed by atoms with Gasteiger partial charge in [-0.05, 0) is 93.3 Å². The fraction of sp³-hybridized carbons (Fsp3) is 0.682. The average molecular weight is 825 g/mol. The minimum Gasteiger partial charge on any atom is -0.459 e. The first-order valence-corrected chi connectivity index (χ1v) is 23.7. The highest BCUT2D eigenvalue weighted by Crippen LogP contribution is 2.35. The summed E-state index contributed by atoms with van der Waals surface area (Å²) in [7, 11) is -4.00. The summed E-state index contributed by atoms with van der Waals surface area (Å²) < 4.78 is 48.9. The van der Waals surface area contributed by atoms with Gasteiger partial charge in [0.2, 0.25) is 10.0 Å². The summed E-state index contributed by atoms with van der Waals surface area (Å²) >= 11 is 1.59. The van der Waals surface area contributed by atoms with Crippen LogP contribution in [0, 0.1) is 29.6 Å². The highest BCUT2D eigenvalue weighted by Gasteiger charge is 2.50. The van der Waals surface area contributed by atoms with Gasteiger partial charge in [0.25, 0.3) is 0 Å². The molecular weight excluding hydrogens is 761 g/mol. The molecule has 2 aromatic carbocycles. The van der Waals surface area contributed by atoms with Crippen molar-refractivity contribution in [3.63, 3.8) is 0 Å². The Labute approximate surface area is 343 Å². The molecule has 1 aromatic heterocycles. The van der Waals surface area contributed by atoms with E-state index in [1.807, 2.05) is 50.2 Å². The first-order valence-electron chi connectivity index (χ1n) is 21.4.